The van der Waals surface area contributed by atoms with Gasteiger partial charge in [0.2, 0.25) is 5.91 Å². The number of amides is 2. The van der Waals surface area contributed by atoms with E-state index in [9.17, 15) is 14.7 Å². The molecule has 2 unspecified atom stereocenters. The van der Waals surface area contributed by atoms with Crippen molar-refractivity contribution in [1.29, 1.82) is 0 Å². The summed E-state index contributed by atoms with van der Waals surface area (Å²) in [6, 6.07) is 13.7. The molecule has 0 spiro atoms. The summed E-state index contributed by atoms with van der Waals surface area (Å²) in [5.41, 5.74) is 8.05. The van der Waals surface area contributed by atoms with Crippen LogP contribution in [0.2, 0.25) is 5.02 Å². The van der Waals surface area contributed by atoms with Crippen molar-refractivity contribution in [3.05, 3.63) is 58.6 Å². The first kappa shape index (κ1) is 29.3. The van der Waals surface area contributed by atoms with Gasteiger partial charge in [-0.05, 0) is 61.3 Å². The largest absolute Gasteiger partial charge is 0.453 e. The number of alkyl carbamates (subject to hydrolysis) is 1. The molecular weight excluding hydrogens is 518 g/mol. The Labute approximate surface area is 235 Å². The number of hydrogen-bond donors (Lipinski definition) is 3. The van der Waals surface area contributed by atoms with Crippen LogP contribution in [0.15, 0.2) is 42.5 Å². The van der Waals surface area contributed by atoms with Gasteiger partial charge in [0.1, 0.15) is 11.7 Å². The van der Waals surface area contributed by atoms with Crippen LogP contribution in [0.25, 0.3) is 11.1 Å². The number of methoxy groups -OCH3 is 1. The van der Waals surface area contributed by atoms with Crippen LogP contribution in [0.4, 0.5) is 4.79 Å². The number of carbonyl (C=O) groups is 2. The Morgan fingerprint density at radius 3 is 2.77 bits per heavy atom. The van der Waals surface area contributed by atoms with Gasteiger partial charge in [-0.25, -0.2) is 4.79 Å². The Morgan fingerprint density at radius 1 is 1.26 bits per heavy atom. The van der Waals surface area contributed by atoms with Crippen molar-refractivity contribution in [2.24, 2.45) is 11.7 Å². The number of nitrogens with two attached hydrogens (primary N) is 1. The van der Waals surface area contributed by atoms with E-state index in [1.54, 1.807) is 0 Å². The van der Waals surface area contributed by atoms with Gasteiger partial charge in [0.15, 0.2) is 0 Å². The normalized spacial score (nSPS) is 22.8. The molecule has 2 aromatic carbocycles. The highest BCUT2D eigenvalue weighted by atomic mass is 35.5. The number of nitrogens with one attached hydrogen (secondary N) is 1. The zero-order valence-corrected chi connectivity index (χ0v) is 23.6. The van der Waals surface area contributed by atoms with E-state index in [-0.39, 0.29) is 30.8 Å². The van der Waals surface area contributed by atoms with Crippen molar-refractivity contribution in [2.45, 2.75) is 63.2 Å². The lowest BCUT2D eigenvalue weighted by molar-refractivity contribution is -0.167. The summed E-state index contributed by atoms with van der Waals surface area (Å²) < 4.78 is 10.9. The van der Waals surface area contributed by atoms with Gasteiger partial charge in [-0.3, -0.25) is 4.79 Å². The minimum atomic E-state index is -1.48. The van der Waals surface area contributed by atoms with E-state index in [1.165, 1.54) is 7.11 Å². The third-order valence-corrected chi connectivity index (χ3v) is 8.34. The minimum Gasteiger partial charge on any atom is -0.453 e. The summed E-state index contributed by atoms with van der Waals surface area (Å²) in [4.78, 5) is 26.8. The number of benzene rings is 2. The number of aryl methyl sites for hydroxylation is 1. The van der Waals surface area contributed by atoms with Gasteiger partial charge in [-0.15, -0.1) is 0 Å². The van der Waals surface area contributed by atoms with Gasteiger partial charge in [-0.1, -0.05) is 54.9 Å². The molecule has 9 heteroatoms. The van der Waals surface area contributed by atoms with Crippen LogP contribution in [0.1, 0.15) is 50.2 Å². The third-order valence-electron chi connectivity index (χ3n) is 8.03. The molecule has 1 aliphatic heterocycles. The van der Waals surface area contributed by atoms with Crippen LogP contribution in [0.3, 0.4) is 0 Å². The maximum atomic E-state index is 13.4. The van der Waals surface area contributed by atoms with Crippen molar-refractivity contribution < 1.29 is 24.2 Å². The van der Waals surface area contributed by atoms with Crippen molar-refractivity contribution in [2.75, 3.05) is 33.4 Å². The Bertz CT molecular complexity index is 1160. The first-order chi connectivity index (χ1) is 18.8. The Hall–Kier alpha value is -2.65. The summed E-state index contributed by atoms with van der Waals surface area (Å²) in [7, 11) is 1.31. The van der Waals surface area contributed by atoms with Gasteiger partial charge in [0, 0.05) is 35.6 Å². The molecule has 0 aromatic heterocycles. The molecule has 4 rings (SSSR count). The molecule has 2 aliphatic rings. The van der Waals surface area contributed by atoms with Crippen LogP contribution in [0.5, 0.6) is 0 Å². The van der Waals surface area contributed by atoms with Crippen LogP contribution >= 0.6 is 11.6 Å². The number of aliphatic hydroxyl groups is 1. The maximum absolute atomic E-state index is 13.4. The van der Waals surface area contributed by atoms with Gasteiger partial charge in [0.25, 0.3) is 0 Å². The third kappa shape index (κ3) is 6.74. The van der Waals surface area contributed by atoms with E-state index in [2.05, 4.69) is 29.1 Å². The van der Waals surface area contributed by atoms with Crippen LogP contribution in [0, 0.1) is 5.92 Å². The van der Waals surface area contributed by atoms with Gasteiger partial charge < -0.3 is 30.5 Å². The highest BCUT2D eigenvalue weighted by Gasteiger charge is 2.45. The number of carbonyl (C=O) groups excluding carboxylic acids is 2. The maximum Gasteiger partial charge on any atom is 0.406 e. The molecule has 8 nitrogen and oxygen atoms in total. The van der Waals surface area contributed by atoms with E-state index in [4.69, 9.17) is 22.1 Å². The van der Waals surface area contributed by atoms with Crippen molar-refractivity contribution in [3.63, 3.8) is 0 Å². The average molecular weight is 558 g/mol. The second kappa shape index (κ2) is 13.1. The highest BCUT2D eigenvalue weighted by molar-refractivity contribution is 6.33. The average Bonchev–Trinajstić information content (AvgIpc) is 3.40. The molecule has 1 saturated carbocycles. The quantitative estimate of drug-likeness (QED) is 0.397. The van der Waals surface area contributed by atoms with Gasteiger partial charge in [-0.2, -0.15) is 0 Å². The van der Waals surface area contributed by atoms with Crippen LogP contribution < -0.4 is 11.1 Å². The Balaban J connectivity index is 1.69. The minimum absolute atomic E-state index is 0.0583. The topological polar surface area (TPSA) is 114 Å². The number of ether oxygens (including phenoxy) is 2. The zero-order chi connectivity index (χ0) is 28.0. The molecule has 4 N–H and O–H groups in total. The Morgan fingerprint density at radius 2 is 2.05 bits per heavy atom. The predicted molar refractivity (Wildman–Crippen MR) is 151 cm³/mol. The summed E-state index contributed by atoms with van der Waals surface area (Å²) in [6.45, 7) is 3.45. The van der Waals surface area contributed by atoms with Gasteiger partial charge in [0.05, 0.1) is 20.3 Å². The molecule has 2 amide bonds. The highest BCUT2D eigenvalue weighted by Crippen LogP contribution is 2.43. The molecule has 1 saturated heterocycles. The first-order valence-electron chi connectivity index (χ1n) is 13.8. The van der Waals surface area contributed by atoms with E-state index in [1.807, 2.05) is 35.2 Å². The smallest absolute Gasteiger partial charge is 0.406 e. The molecule has 1 aliphatic carbocycles. The zero-order valence-electron chi connectivity index (χ0n) is 22.8. The molecule has 1 heterocycles. The second-order valence-electron chi connectivity index (χ2n) is 10.6. The summed E-state index contributed by atoms with van der Waals surface area (Å²) in [5.74, 6) is -0.0115. The molecule has 2 fully saturated rings. The first-order valence-corrected chi connectivity index (χ1v) is 14.2. The molecule has 39 heavy (non-hydrogen) atoms. The lowest BCUT2D eigenvalue weighted by Gasteiger charge is -2.44. The van der Waals surface area contributed by atoms with E-state index in [0.29, 0.717) is 43.1 Å². The molecule has 2 aromatic rings. The fourth-order valence-corrected chi connectivity index (χ4v) is 6.14. The van der Waals surface area contributed by atoms with Crippen LogP contribution in [-0.4, -0.2) is 67.5 Å². The standard InChI is InChI=1S/C30H40ClN3O5/c1-3-20-7-4-8-21(17-20)27-24(9-5-10-25(27)31)30(37,13-6-14-33-29(36)38-2)26-19-34(15-16-39-26)28(35)22-11-12-23(32)18-22/h4-5,7-10,17,22-23,26,37H,3,6,11-16,18-19,32H2,1-2H3,(H,33,36)/t22-,23+,26?,30?/m1/s1. The fourth-order valence-electron chi connectivity index (χ4n) is 5.85. The van der Waals surface area contributed by atoms with E-state index >= 15 is 0 Å². The summed E-state index contributed by atoms with van der Waals surface area (Å²) >= 11 is 6.80. The number of nitrogens with zero attached hydrogens (tertiary/aromatic N) is 1. The van der Waals surface area contributed by atoms with Crippen molar-refractivity contribution in [3.8, 4) is 11.1 Å². The number of rotatable bonds is 9. The lowest BCUT2D eigenvalue weighted by Crippen LogP contribution is -2.55. The van der Waals surface area contributed by atoms with Crippen molar-refractivity contribution >= 4 is 23.6 Å². The lowest BCUT2D eigenvalue weighted by atomic mass is 9.79. The molecule has 0 bridgehead atoms. The summed E-state index contributed by atoms with van der Waals surface area (Å²) in [6.07, 6.45) is 2.72. The predicted octanol–water partition coefficient (Wildman–Crippen LogP) is 4.25. The van der Waals surface area contributed by atoms with E-state index < -0.39 is 17.8 Å². The number of hydrogen-bond acceptors (Lipinski definition) is 6. The molecule has 4 atom stereocenters. The second-order valence-corrected chi connectivity index (χ2v) is 11.0. The molecule has 212 valence electrons. The Kier molecular flexibility index (Phi) is 9.88. The van der Waals surface area contributed by atoms with Crippen LogP contribution in [-0.2, 0) is 26.3 Å². The van der Waals surface area contributed by atoms with Crippen molar-refractivity contribution in [1.82, 2.24) is 10.2 Å². The fraction of sp³-hybridized carbons (Fsp3) is 0.533. The monoisotopic (exact) mass is 557 g/mol. The molecule has 0 radical (unpaired) electrons. The molecular formula is C30H40ClN3O5. The van der Waals surface area contributed by atoms with Gasteiger partial charge >= 0.3 is 6.09 Å². The van der Waals surface area contributed by atoms with E-state index in [0.717, 1.165) is 36.0 Å². The SMILES string of the molecule is CCc1cccc(-c2c(Cl)cccc2C(O)(CCCNC(=O)OC)C2CN(C(=O)[C@@H]3CC[C@H](N)C3)CCO2)c1. The number of morpholine rings is 1. The number of halogens is 1. The summed E-state index contributed by atoms with van der Waals surface area (Å²) in [5, 5.41) is 15.8.